The van der Waals surface area contributed by atoms with Gasteiger partial charge in [0.15, 0.2) is 0 Å². The standard InChI is InChI=1S/C19H23ClN2O3S/c1-15(17-6-4-3-5-7-17)22(26(2,24)25)14-19(23)21-13-12-16-8-10-18(20)11-9-16/h3-11,15H,12-14H2,1-2H3,(H,21,23). The van der Waals surface area contributed by atoms with Crippen molar-refractivity contribution < 1.29 is 13.2 Å². The fourth-order valence-corrected chi connectivity index (χ4v) is 3.81. The zero-order chi connectivity index (χ0) is 19.2. The number of halogens is 1. The number of nitrogens with zero attached hydrogens (tertiary/aromatic N) is 1. The van der Waals surface area contributed by atoms with E-state index in [9.17, 15) is 13.2 Å². The first-order chi connectivity index (χ1) is 12.3. The van der Waals surface area contributed by atoms with Gasteiger partial charge in [0.25, 0.3) is 0 Å². The first-order valence-corrected chi connectivity index (χ1v) is 10.5. The molecule has 0 radical (unpaired) electrons. The summed E-state index contributed by atoms with van der Waals surface area (Å²) in [6, 6.07) is 16.2. The maximum absolute atomic E-state index is 12.2. The Morgan fingerprint density at radius 1 is 1.12 bits per heavy atom. The molecule has 1 N–H and O–H groups in total. The summed E-state index contributed by atoms with van der Waals surface area (Å²) in [5.41, 5.74) is 1.89. The number of rotatable bonds is 8. The van der Waals surface area contributed by atoms with Gasteiger partial charge in [-0.15, -0.1) is 0 Å². The van der Waals surface area contributed by atoms with Crippen LogP contribution >= 0.6 is 11.6 Å². The van der Waals surface area contributed by atoms with Crippen molar-refractivity contribution in [3.8, 4) is 0 Å². The molecule has 0 aliphatic carbocycles. The highest BCUT2D eigenvalue weighted by molar-refractivity contribution is 7.88. The molecule has 0 aromatic heterocycles. The van der Waals surface area contributed by atoms with Gasteiger partial charge in [0, 0.05) is 17.6 Å². The lowest BCUT2D eigenvalue weighted by Crippen LogP contribution is -2.42. The highest BCUT2D eigenvalue weighted by atomic mass is 35.5. The number of carbonyl (C=O) groups is 1. The van der Waals surface area contributed by atoms with Crippen LogP contribution in [0.4, 0.5) is 0 Å². The molecule has 0 fully saturated rings. The van der Waals surface area contributed by atoms with Gasteiger partial charge in [-0.2, -0.15) is 4.31 Å². The van der Waals surface area contributed by atoms with Crippen LogP contribution in [0.15, 0.2) is 54.6 Å². The molecular formula is C19H23ClN2O3S. The third kappa shape index (κ3) is 6.12. The number of amides is 1. The van der Waals surface area contributed by atoms with Crippen LogP contribution in [0.25, 0.3) is 0 Å². The van der Waals surface area contributed by atoms with Crippen molar-refractivity contribution in [2.45, 2.75) is 19.4 Å². The molecule has 26 heavy (non-hydrogen) atoms. The summed E-state index contributed by atoms with van der Waals surface area (Å²) >= 11 is 5.84. The van der Waals surface area contributed by atoms with Crippen molar-refractivity contribution >= 4 is 27.5 Å². The lowest BCUT2D eigenvalue weighted by atomic mass is 10.1. The molecule has 0 aliphatic heterocycles. The Balaban J connectivity index is 1.95. The zero-order valence-corrected chi connectivity index (χ0v) is 16.4. The second kappa shape index (κ2) is 9.16. The normalized spacial score (nSPS) is 12.8. The Morgan fingerprint density at radius 3 is 2.31 bits per heavy atom. The summed E-state index contributed by atoms with van der Waals surface area (Å²) in [5, 5.41) is 3.44. The first kappa shape index (κ1) is 20.4. The molecule has 0 saturated carbocycles. The summed E-state index contributed by atoms with van der Waals surface area (Å²) in [6.45, 7) is 1.99. The molecule has 2 aromatic rings. The second-order valence-electron chi connectivity index (χ2n) is 6.12. The third-order valence-corrected chi connectivity index (χ3v) is 5.64. The number of sulfonamides is 1. The maximum atomic E-state index is 12.2. The average molecular weight is 395 g/mol. The first-order valence-electron chi connectivity index (χ1n) is 8.30. The lowest BCUT2D eigenvalue weighted by Gasteiger charge is -2.26. The van der Waals surface area contributed by atoms with Gasteiger partial charge in [0.05, 0.1) is 12.8 Å². The van der Waals surface area contributed by atoms with Crippen LogP contribution in [0.2, 0.25) is 5.02 Å². The van der Waals surface area contributed by atoms with E-state index in [-0.39, 0.29) is 12.5 Å². The Hall–Kier alpha value is -1.89. The van der Waals surface area contributed by atoms with Crippen molar-refractivity contribution in [3.05, 3.63) is 70.7 Å². The Morgan fingerprint density at radius 2 is 1.73 bits per heavy atom. The van der Waals surface area contributed by atoms with E-state index in [0.717, 1.165) is 17.4 Å². The van der Waals surface area contributed by atoms with Crippen LogP contribution in [0.3, 0.4) is 0 Å². The van der Waals surface area contributed by atoms with Gasteiger partial charge < -0.3 is 5.32 Å². The van der Waals surface area contributed by atoms with Crippen molar-refractivity contribution in [1.29, 1.82) is 0 Å². The molecule has 0 bridgehead atoms. The largest absolute Gasteiger partial charge is 0.355 e. The van der Waals surface area contributed by atoms with Gasteiger partial charge in [0.2, 0.25) is 15.9 Å². The van der Waals surface area contributed by atoms with E-state index in [1.807, 2.05) is 42.5 Å². The highest BCUT2D eigenvalue weighted by Gasteiger charge is 2.26. The lowest BCUT2D eigenvalue weighted by molar-refractivity contribution is -0.121. The van der Waals surface area contributed by atoms with Gasteiger partial charge in [-0.05, 0) is 36.6 Å². The van der Waals surface area contributed by atoms with Gasteiger partial charge in [-0.3, -0.25) is 4.79 Å². The number of nitrogens with one attached hydrogen (secondary N) is 1. The van der Waals surface area contributed by atoms with Crippen LogP contribution in [0.1, 0.15) is 24.1 Å². The van der Waals surface area contributed by atoms with Crippen molar-refractivity contribution in [2.24, 2.45) is 0 Å². The molecule has 0 aliphatic rings. The van der Waals surface area contributed by atoms with Crippen LogP contribution in [-0.2, 0) is 21.2 Å². The van der Waals surface area contributed by atoms with Gasteiger partial charge in [-0.25, -0.2) is 8.42 Å². The monoisotopic (exact) mass is 394 g/mol. The maximum Gasteiger partial charge on any atom is 0.235 e. The predicted molar refractivity (Wildman–Crippen MR) is 105 cm³/mol. The van der Waals surface area contributed by atoms with E-state index in [1.165, 1.54) is 4.31 Å². The molecular weight excluding hydrogens is 372 g/mol. The number of benzene rings is 2. The van der Waals surface area contributed by atoms with Crippen LogP contribution < -0.4 is 5.32 Å². The van der Waals surface area contributed by atoms with Crippen LogP contribution in [0, 0.1) is 0 Å². The predicted octanol–water partition coefficient (Wildman–Crippen LogP) is 3.02. The second-order valence-corrected chi connectivity index (χ2v) is 8.49. The Labute approximate surface area is 160 Å². The molecule has 0 heterocycles. The summed E-state index contributed by atoms with van der Waals surface area (Å²) in [4.78, 5) is 12.2. The summed E-state index contributed by atoms with van der Waals surface area (Å²) in [6.07, 6.45) is 1.77. The fourth-order valence-electron chi connectivity index (χ4n) is 2.63. The summed E-state index contributed by atoms with van der Waals surface area (Å²) < 4.78 is 25.5. The fraction of sp³-hybridized carbons (Fsp3) is 0.316. The number of carbonyl (C=O) groups excluding carboxylic acids is 1. The van der Waals surface area contributed by atoms with E-state index >= 15 is 0 Å². The van der Waals surface area contributed by atoms with Gasteiger partial charge >= 0.3 is 0 Å². The number of hydrogen-bond donors (Lipinski definition) is 1. The molecule has 7 heteroatoms. The summed E-state index contributed by atoms with van der Waals surface area (Å²) in [7, 11) is -3.53. The SMILES string of the molecule is CC(c1ccccc1)N(CC(=O)NCCc1ccc(Cl)cc1)S(C)(=O)=O. The molecule has 0 saturated heterocycles. The summed E-state index contributed by atoms with van der Waals surface area (Å²) in [5.74, 6) is -0.327. The molecule has 1 atom stereocenters. The van der Waals surface area contributed by atoms with Crippen LogP contribution in [-0.4, -0.2) is 38.0 Å². The van der Waals surface area contributed by atoms with E-state index < -0.39 is 16.1 Å². The number of hydrogen-bond acceptors (Lipinski definition) is 3. The van der Waals surface area contributed by atoms with Crippen molar-refractivity contribution in [1.82, 2.24) is 9.62 Å². The van der Waals surface area contributed by atoms with E-state index in [4.69, 9.17) is 11.6 Å². The topological polar surface area (TPSA) is 66.5 Å². The van der Waals surface area contributed by atoms with Crippen molar-refractivity contribution in [3.63, 3.8) is 0 Å². The molecule has 2 aromatic carbocycles. The van der Waals surface area contributed by atoms with Gasteiger partial charge in [0.1, 0.15) is 0 Å². The van der Waals surface area contributed by atoms with Crippen LogP contribution in [0.5, 0.6) is 0 Å². The molecule has 140 valence electrons. The zero-order valence-electron chi connectivity index (χ0n) is 14.9. The molecule has 1 unspecified atom stereocenters. The average Bonchev–Trinajstić information content (AvgIpc) is 2.60. The molecule has 0 spiro atoms. The van der Waals surface area contributed by atoms with E-state index in [0.29, 0.717) is 18.0 Å². The molecule has 1 amide bonds. The minimum atomic E-state index is -3.53. The highest BCUT2D eigenvalue weighted by Crippen LogP contribution is 2.22. The minimum absolute atomic E-state index is 0.213. The third-order valence-electron chi connectivity index (χ3n) is 4.09. The van der Waals surface area contributed by atoms with Gasteiger partial charge in [-0.1, -0.05) is 54.1 Å². The quantitative estimate of drug-likeness (QED) is 0.748. The minimum Gasteiger partial charge on any atom is -0.355 e. The molecule has 2 rings (SSSR count). The van der Waals surface area contributed by atoms with E-state index in [2.05, 4.69) is 5.32 Å². The smallest absolute Gasteiger partial charge is 0.235 e. The van der Waals surface area contributed by atoms with E-state index in [1.54, 1.807) is 19.1 Å². The molecule has 5 nitrogen and oxygen atoms in total. The van der Waals surface area contributed by atoms with Crippen molar-refractivity contribution in [2.75, 3.05) is 19.3 Å². The Kier molecular flexibility index (Phi) is 7.20. The Bertz CT molecular complexity index is 824.